The van der Waals surface area contributed by atoms with Gasteiger partial charge >= 0.3 is 20.1 Å². The number of likely N-dealkylation sites (N-methyl/N-ethyl adjacent to an activating group) is 1. The Kier molecular flexibility index (Phi) is 131. The van der Waals surface area contributed by atoms with Gasteiger partial charge in [0.2, 0.25) is 0 Å². The maximum absolute atomic E-state index is 7.75. The standard InChI is InChI=1S/C7H17N4.C3H8.3CHO.Tc/c1-9-4-5-11-7-6-10-3-2-8;1-3-2;3*1-2;/h8-9H,2-7H2,1H3;3H2,1-2H3;3*1H;/q-3;;3*-1;+6. The van der Waals surface area contributed by atoms with Gasteiger partial charge in [0, 0.05) is 0 Å². The van der Waals surface area contributed by atoms with Gasteiger partial charge in [-0.3, -0.25) is 20.4 Å². The van der Waals surface area contributed by atoms with Crippen molar-refractivity contribution in [1.82, 2.24) is 5.32 Å². The molecule has 0 saturated heterocycles. The first-order valence-corrected chi connectivity index (χ1v) is 6.09. The first kappa shape index (κ1) is 37.1. The van der Waals surface area contributed by atoms with Gasteiger partial charge in [0.05, 0.1) is 0 Å². The molecule has 1 radical (unpaired) electrons. The van der Waals surface area contributed by atoms with Crippen LogP contribution >= 0.6 is 0 Å². The second-order valence-corrected chi connectivity index (χ2v) is 2.90. The maximum Gasteiger partial charge on any atom is 6.00 e. The minimum Gasteiger partial charge on any atom is -0.679 e. The van der Waals surface area contributed by atoms with Crippen molar-refractivity contribution in [3.8, 4) is 0 Å². The fourth-order valence-electron chi connectivity index (χ4n) is 0.635. The van der Waals surface area contributed by atoms with E-state index in [2.05, 4.69) is 50.2 Å². The van der Waals surface area contributed by atoms with Crippen LogP contribution in [0.2, 0.25) is 0 Å². The summed E-state index contributed by atoms with van der Waals surface area (Å²) >= 11 is 0. The molecule has 0 bridgehead atoms. The second kappa shape index (κ2) is 74.0. The maximum atomic E-state index is 7.75. The molecule has 0 aliphatic heterocycles. The molecule has 0 rings (SSSR count). The predicted molar refractivity (Wildman–Crippen MR) is 85.5 cm³/mol. The molecule has 0 aromatic heterocycles. The van der Waals surface area contributed by atoms with Crippen molar-refractivity contribution >= 4 is 20.4 Å². The molecule has 0 spiro atoms. The predicted octanol–water partition coefficient (Wildman–Crippen LogP) is 1.60. The van der Waals surface area contributed by atoms with E-state index < -0.39 is 0 Å². The van der Waals surface area contributed by atoms with Crippen LogP contribution in [-0.4, -0.2) is 66.7 Å². The Bertz CT molecular complexity index is 115. The van der Waals surface area contributed by atoms with E-state index in [1.165, 1.54) is 6.42 Å². The number of hydrogen-bond acceptors (Lipinski definition) is 4. The summed E-state index contributed by atoms with van der Waals surface area (Å²) in [6, 6.07) is 0. The Morgan fingerprint density at radius 3 is 1.48 bits per heavy atom. The number of nitrogens with one attached hydrogen (secondary N) is 2. The molecule has 0 heterocycles. The number of nitrogens with zero attached hydrogens (tertiary/aromatic N) is 2. The van der Waals surface area contributed by atoms with Crippen molar-refractivity contribution in [2.75, 3.05) is 46.3 Å². The van der Waals surface area contributed by atoms with Crippen LogP contribution in [0.15, 0.2) is 0 Å². The Morgan fingerprint density at radius 1 is 0.857 bits per heavy atom. The Labute approximate surface area is 143 Å². The zero-order valence-electron chi connectivity index (χ0n) is 13.2. The van der Waals surface area contributed by atoms with Gasteiger partial charge in [0.1, 0.15) is 0 Å². The summed E-state index contributed by atoms with van der Waals surface area (Å²) in [7, 11) is 1.92. The van der Waals surface area contributed by atoms with Gasteiger partial charge in [-0.05, 0) is 13.6 Å². The molecule has 0 aliphatic rings. The van der Waals surface area contributed by atoms with Crippen LogP contribution in [0.1, 0.15) is 20.3 Å². The van der Waals surface area contributed by atoms with Crippen LogP contribution in [0.3, 0.4) is 0 Å². The van der Waals surface area contributed by atoms with Gasteiger partial charge in [-0.2, -0.15) is 26.2 Å². The van der Waals surface area contributed by atoms with Gasteiger partial charge in [0.25, 0.3) is 0 Å². The fraction of sp³-hybridized carbons (Fsp3) is 0.769. The van der Waals surface area contributed by atoms with E-state index in [1.807, 2.05) is 7.05 Å². The monoisotopic (exact) mass is 385 g/mol. The summed E-state index contributed by atoms with van der Waals surface area (Å²) in [5.74, 6) is 0. The summed E-state index contributed by atoms with van der Waals surface area (Å²) < 4.78 is 0. The van der Waals surface area contributed by atoms with Crippen LogP contribution in [0.4, 0.5) is 0 Å². The van der Waals surface area contributed by atoms with Crippen molar-refractivity contribution in [2.24, 2.45) is 0 Å². The summed E-state index contributed by atoms with van der Waals surface area (Å²) in [6.07, 6.45) is 1.25. The molecule has 21 heavy (non-hydrogen) atoms. The van der Waals surface area contributed by atoms with E-state index in [0.717, 1.165) is 26.2 Å². The van der Waals surface area contributed by atoms with E-state index in [4.69, 9.17) is 20.1 Å². The molecule has 0 aromatic rings. The largest absolute Gasteiger partial charge is 6.00 e. The van der Waals surface area contributed by atoms with Gasteiger partial charge in [-0.15, -0.1) is 6.54 Å². The SMILES string of the molecule is CCC.CNCC[N-]CC[N-]CC[NH-].[CH-]=O.[CH-]=O.[CH-]=O.[Tc+6]. The van der Waals surface area contributed by atoms with Crippen molar-refractivity contribution in [1.29, 1.82) is 0 Å². The van der Waals surface area contributed by atoms with Crippen molar-refractivity contribution < 1.29 is 34.5 Å². The second-order valence-electron chi connectivity index (χ2n) is 2.90. The molecule has 0 unspecified atom stereocenters. The van der Waals surface area contributed by atoms with E-state index in [1.54, 1.807) is 0 Å². The van der Waals surface area contributed by atoms with E-state index in [0.29, 0.717) is 13.1 Å². The van der Waals surface area contributed by atoms with E-state index >= 15 is 0 Å². The molecule has 2 N–H and O–H groups in total. The first-order chi connectivity index (χ1) is 9.83. The van der Waals surface area contributed by atoms with Crippen LogP contribution < -0.4 is 5.32 Å². The van der Waals surface area contributed by atoms with Gasteiger partial charge in [0.15, 0.2) is 0 Å². The van der Waals surface area contributed by atoms with Crippen LogP contribution in [-0.2, 0) is 34.5 Å². The van der Waals surface area contributed by atoms with Crippen molar-refractivity contribution in [3.05, 3.63) is 16.4 Å². The third kappa shape index (κ3) is 106. The third-order valence-corrected chi connectivity index (χ3v) is 1.21. The normalized spacial score (nSPS) is 6.86. The van der Waals surface area contributed by atoms with Gasteiger partial charge in [-0.1, -0.05) is 20.3 Å². The van der Waals surface area contributed by atoms with E-state index in [9.17, 15) is 0 Å². The summed E-state index contributed by atoms with van der Waals surface area (Å²) in [5, 5.41) is 11.3. The topological polar surface area (TPSA) is 115 Å². The average Bonchev–Trinajstić information content (AvgIpc) is 2.53. The number of rotatable bonds is 8. The first-order valence-electron chi connectivity index (χ1n) is 6.09. The van der Waals surface area contributed by atoms with Crippen molar-refractivity contribution in [2.45, 2.75) is 20.3 Å². The molecule has 8 heteroatoms. The van der Waals surface area contributed by atoms with Crippen LogP contribution in [0.25, 0.3) is 16.4 Å². The zero-order chi connectivity index (χ0) is 17.1. The molecule has 0 amide bonds. The quantitative estimate of drug-likeness (QED) is 0.387. The molecule has 0 fully saturated rings. The molecule has 0 aromatic carbocycles. The smallest absolute Gasteiger partial charge is 0.679 e. The molecule has 0 saturated carbocycles. The summed E-state index contributed by atoms with van der Waals surface area (Å²) in [4.78, 5) is 23.2. The van der Waals surface area contributed by atoms with Crippen LogP contribution in [0.5, 0.6) is 0 Å². The van der Waals surface area contributed by atoms with E-state index in [-0.39, 0.29) is 20.1 Å². The third-order valence-electron chi connectivity index (χ3n) is 1.21. The molecule has 0 aliphatic carbocycles. The van der Waals surface area contributed by atoms with Crippen LogP contribution in [0, 0.1) is 0 Å². The summed E-state index contributed by atoms with van der Waals surface area (Å²) in [5.41, 5.74) is 6.81. The molecule has 0 atom stereocenters. The minimum atomic E-state index is 0. The molecular formula is C13H28N4O3Tc. The summed E-state index contributed by atoms with van der Waals surface area (Å²) in [6.45, 7) is 18.5. The number of hydrogen-bond donors (Lipinski definition) is 1. The van der Waals surface area contributed by atoms with Gasteiger partial charge in [-0.25, -0.2) is 0 Å². The molecule has 7 nitrogen and oxygen atoms in total. The Morgan fingerprint density at radius 2 is 1.19 bits per heavy atom. The van der Waals surface area contributed by atoms with Gasteiger partial charge < -0.3 is 36.1 Å². The number of carbonyl (C=O) groups excluding carboxylic acids is 3. The fourth-order valence-corrected chi connectivity index (χ4v) is 0.635. The molecule has 125 valence electrons. The minimum absolute atomic E-state index is 0. The molecular weight excluding hydrogens is 358 g/mol. The zero-order valence-corrected chi connectivity index (χ0v) is 15.0. The Hall–Kier alpha value is -0.501. The Balaban J connectivity index is -0.0000000476. The average molecular weight is 386 g/mol. The van der Waals surface area contributed by atoms with Crippen molar-refractivity contribution in [3.63, 3.8) is 0 Å².